The Hall–Kier alpha value is -0.470. The van der Waals surface area contributed by atoms with Gasteiger partial charge in [-0.25, -0.2) is 4.98 Å². The molecule has 0 bridgehead atoms. The van der Waals surface area contributed by atoms with E-state index in [0.717, 1.165) is 5.56 Å². The van der Waals surface area contributed by atoms with Crippen molar-refractivity contribution in [2.45, 2.75) is 6.92 Å². The number of pyridine rings is 1. The summed E-state index contributed by atoms with van der Waals surface area (Å²) in [5.74, 6) is 0.662. The van der Waals surface area contributed by atoms with Crippen molar-refractivity contribution >= 4 is 23.2 Å². The lowest BCUT2D eigenvalue weighted by Crippen LogP contribution is -1.90. The van der Waals surface area contributed by atoms with Crippen molar-refractivity contribution in [1.29, 1.82) is 0 Å². The van der Waals surface area contributed by atoms with Gasteiger partial charge in [-0.05, 0) is 6.92 Å². The SMILES string of the molecule is COc1cc(Cl)nc(Cl)c1C. The number of halogens is 2. The molecular formula is C7H7Cl2NO. The summed E-state index contributed by atoms with van der Waals surface area (Å²) >= 11 is 11.3. The van der Waals surface area contributed by atoms with Crippen LogP contribution in [0.5, 0.6) is 5.75 Å². The summed E-state index contributed by atoms with van der Waals surface area (Å²) in [5.41, 5.74) is 0.804. The maximum atomic E-state index is 5.72. The molecule has 0 aliphatic rings. The normalized spacial score (nSPS) is 9.82. The first kappa shape index (κ1) is 8.62. The zero-order valence-electron chi connectivity index (χ0n) is 6.19. The second kappa shape index (κ2) is 3.28. The third-order valence-electron chi connectivity index (χ3n) is 1.35. The molecule has 2 nitrogen and oxygen atoms in total. The zero-order valence-corrected chi connectivity index (χ0v) is 7.70. The maximum Gasteiger partial charge on any atom is 0.137 e. The number of nitrogens with zero attached hydrogens (tertiary/aromatic N) is 1. The Labute approximate surface area is 75.1 Å². The van der Waals surface area contributed by atoms with Gasteiger partial charge in [-0.3, -0.25) is 0 Å². The van der Waals surface area contributed by atoms with Gasteiger partial charge in [0, 0.05) is 11.6 Å². The summed E-state index contributed by atoms with van der Waals surface area (Å²) in [7, 11) is 1.56. The zero-order chi connectivity index (χ0) is 8.43. The number of rotatable bonds is 1. The van der Waals surface area contributed by atoms with E-state index in [1.54, 1.807) is 13.2 Å². The minimum Gasteiger partial charge on any atom is -0.496 e. The molecule has 0 spiro atoms. The lowest BCUT2D eigenvalue weighted by molar-refractivity contribution is 0.411. The molecule has 0 amide bonds. The molecule has 1 aromatic rings. The van der Waals surface area contributed by atoms with Crippen LogP contribution in [-0.4, -0.2) is 12.1 Å². The van der Waals surface area contributed by atoms with Crippen molar-refractivity contribution in [3.05, 3.63) is 21.9 Å². The average molecular weight is 192 g/mol. The van der Waals surface area contributed by atoms with Crippen LogP contribution in [0.15, 0.2) is 6.07 Å². The van der Waals surface area contributed by atoms with Crippen LogP contribution >= 0.6 is 23.2 Å². The van der Waals surface area contributed by atoms with Gasteiger partial charge in [0.05, 0.1) is 7.11 Å². The maximum absolute atomic E-state index is 5.72. The number of methoxy groups -OCH3 is 1. The minimum absolute atomic E-state index is 0.345. The fourth-order valence-electron chi connectivity index (χ4n) is 0.740. The molecule has 60 valence electrons. The number of ether oxygens (including phenoxy) is 1. The summed E-state index contributed by atoms with van der Waals surface area (Å²) in [6, 6.07) is 1.63. The lowest BCUT2D eigenvalue weighted by Gasteiger charge is -2.04. The second-order valence-electron chi connectivity index (χ2n) is 2.06. The Morgan fingerprint density at radius 2 is 2.09 bits per heavy atom. The van der Waals surface area contributed by atoms with Crippen LogP contribution in [0.3, 0.4) is 0 Å². The first-order valence-electron chi connectivity index (χ1n) is 3.01. The van der Waals surface area contributed by atoms with Crippen molar-refractivity contribution in [2.24, 2.45) is 0 Å². The van der Waals surface area contributed by atoms with E-state index in [9.17, 15) is 0 Å². The van der Waals surface area contributed by atoms with Crippen LogP contribution in [0.2, 0.25) is 10.3 Å². The summed E-state index contributed by atoms with van der Waals surface area (Å²) in [5, 5.41) is 0.729. The van der Waals surface area contributed by atoms with E-state index in [4.69, 9.17) is 27.9 Å². The molecule has 0 atom stereocenters. The van der Waals surface area contributed by atoms with Crippen LogP contribution in [0.1, 0.15) is 5.56 Å². The molecule has 4 heteroatoms. The van der Waals surface area contributed by atoms with Gasteiger partial charge in [-0.1, -0.05) is 23.2 Å². The number of hydrogen-bond donors (Lipinski definition) is 0. The standard InChI is InChI=1S/C7H7Cl2NO/c1-4-5(11-2)3-6(8)10-7(4)9/h3H,1-2H3. The van der Waals surface area contributed by atoms with Crippen LogP contribution in [-0.2, 0) is 0 Å². The fraction of sp³-hybridized carbons (Fsp3) is 0.286. The van der Waals surface area contributed by atoms with E-state index >= 15 is 0 Å². The van der Waals surface area contributed by atoms with E-state index in [1.165, 1.54) is 0 Å². The van der Waals surface area contributed by atoms with E-state index < -0.39 is 0 Å². The van der Waals surface area contributed by atoms with Crippen molar-refractivity contribution in [3.8, 4) is 5.75 Å². The summed E-state index contributed by atoms with van der Waals surface area (Å²) < 4.78 is 5.00. The summed E-state index contributed by atoms with van der Waals surface area (Å²) in [6.45, 7) is 1.82. The van der Waals surface area contributed by atoms with Gasteiger partial charge in [-0.2, -0.15) is 0 Å². The number of hydrogen-bond acceptors (Lipinski definition) is 2. The monoisotopic (exact) mass is 191 g/mol. The minimum atomic E-state index is 0.345. The highest BCUT2D eigenvalue weighted by molar-refractivity contribution is 6.33. The van der Waals surface area contributed by atoms with Crippen LogP contribution in [0, 0.1) is 6.92 Å². The highest BCUT2D eigenvalue weighted by atomic mass is 35.5. The van der Waals surface area contributed by atoms with Gasteiger partial charge >= 0.3 is 0 Å². The first-order valence-corrected chi connectivity index (χ1v) is 3.77. The molecule has 0 saturated heterocycles. The van der Waals surface area contributed by atoms with Crippen LogP contribution < -0.4 is 4.74 Å². The van der Waals surface area contributed by atoms with E-state index in [0.29, 0.717) is 16.1 Å². The molecule has 0 N–H and O–H groups in total. The van der Waals surface area contributed by atoms with Gasteiger partial charge in [0.25, 0.3) is 0 Å². The Kier molecular flexibility index (Phi) is 2.58. The van der Waals surface area contributed by atoms with Crippen molar-refractivity contribution in [1.82, 2.24) is 4.98 Å². The lowest BCUT2D eigenvalue weighted by atomic mass is 10.3. The van der Waals surface area contributed by atoms with Crippen molar-refractivity contribution in [2.75, 3.05) is 7.11 Å². The molecule has 1 aromatic heterocycles. The second-order valence-corrected chi connectivity index (χ2v) is 2.81. The third kappa shape index (κ3) is 1.76. The smallest absolute Gasteiger partial charge is 0.137 e. The molecule has 1 heterocycles. The molecular weight excluding hydrogens is 185 g/mol. The summed E-state index contributed by atoms with van der Waals surface area (Å²) in [4.78, 5) is 3.83. The first-order chi connectivity index (χ1) is 5.15. The largest absolute Gasteiger partial charge is 0.496 e. The highest BCUT2D eigenvalue weighted by Crippen LogP contribution is 2.26. The molecule has 0 aromatic carbocycles. The molecule has 0 aliphatic heterocycles. The van der Waals surface area contributed by atoms with Gasteiger partial charge < -0.3 is 4.74 Å². The van der Waals surface area contributed by atoms with E-state index in [-0.39, 0.29) is 0 Å². The van der Waals surface area contributed by atoms with Crippen LogP contribution in [0.25, 0.3) is 0 Å². The molecule has 1 rings (SSSR count). The molecule has 0 saturated carbocycles. The Bertz CT molecular complexity index is 275. The molecule has 0 aliphatic carbocycles. The molecule has 0 fully saturated rings. The Balaban J connectivity index is 3.24. The molecule has 11 heavy (non-hydrogen) atoms. The van der Waals surface area contributed by atoms with Gasteiger partial charge in [0.15, 0.2) is 0 Å². The van der Waals surface area contributed by atoms with Gasteiger partial charge in [0.1, 0.15) is 16.1 Å². The highest BCUT2D eigenvalue weighted by Gasteiger charge is 2.05. The van der Waals surface area contributed by atoms with Crippen molar-refractivity contribution < 1.29 is 4.74 Å². The molecule has 0 unspecified atom stereocenters. The van der Waals surface area contributed by atoms with Gasteiger partial charge in [0.2, 0.25) is 0 Å². The van der Waals surface area contributed by atoms with E-state index in [1.807, 2.05) is 6.92 Å². The van der Waals surface area contributed by atoms with Gasteiger partial charge in [-0.15, -0.1) is 0 Å². The predicted molar refractivity (Wildman–Crippen MR) is 45.5 cm³/mol. The average Bonchev–Trinajstić information content (AvgIpc) is 1.96. The quantitative estimate of drug-likeness (QED) is 0.638. The fourth-order valence-corrected chi connectivity index (χ4v) is 1.15. The molecule has 0 radical (unpaired) electrons. The van der Waals surface area contributed by atoms with E-state index in [2.05, 4.69) is 4.98 Å². The third-order valence-corrected chi connectivity index (χ3v) is 1.92. The van der Waals surface area contributed by atoms with Crippen LogP contribution in [0.4, 0.5) is 0 Å². The Morgan fingerprint density at radius 3 is 2.64 bits per heavy atom. The number of aromatic nitrogens is 1. The Morgan fingerprint density at radius 1 is 1.45 bits per heavy atom. The summed E-state index contributed by atoms with van der Waals surface area (Å²) in [6.07, 6.45) is 0. The van der Waals surface area contributed by atoms with Crippen molar-refractivity contribution in [3.63, 3.8) is 0 Å². The predicted octanol–water partition coefficient (Wildman–Crippen LogP) is 2.71. The topological polar surface area (TPSA) is 22.1 Å².